The fraction of sp³-hybridized carbons (Fsp3) is 0.267. The minimum absolute atomic E-state index is 0.226. The lowest BCUT2D eigenvalue weighted by molar-refractivity contribution is 0.0695. The summed E-state index contributed by atoms with van der Waals surface area (Å²) in [6.45, 7) is 3.79. The molecule has 6 nitrogen and oxygen atoms in total. The van der Waals surface area contributed by atoms with Gasteiger partial charge in [-0.05, 0) is 31.5 Å². The minimum Gasteiger partial charge on any atom is -0.495 e. The molecular formula is C15H15N3O3. The van der Waals surface area contributed by atoms with Gasteiger partial charge >= 0.3 is 5.97 Å². The molecular weight excluding hydrogens is 270 g/mol. The molecule has 1 heterocycles. The molecule has 1 aromatic heterocycles. The van der Waals surface area contributed by atoms with Crippen molar-refractivity contribution in [2.45, 2.75) is 20.4 Å². The van der Waals surface area contributed by atoms with Crippen molar-refractivity contribution >= 4 is 5.97 Å². The highest BCUT2D eigenvalue weighted by molar-refractivity contribution is 5.90. The molecule has 0 unspecified atom stereocenters. The van der Waals surface area contributed by atoms with E-state index < -0.39 is 5.97 Å². The summed E-state index contributed by atoms with van der Waals surface area (Å²) in [6.07, 6.45) is 0. The molecule has 108 valence electrons. The number of carboxylic acid groups (broad SMARTS) is 1. The van der Waals surface area contributed by atoms with Crippen LogP contribution in [-0.4, -0.2) is 28.0 Å². The third-order valence-corrected chi connectivity index (χ3v) is 3.31. The number of ether oxygens (including phenoxy) is 1. The van der Waals surface area contributed by atoms with Gasteiger partial charge < -0.3 is 9.84 Å². The van der Waals surface area contributed by atoms with Crippen LogP contribution in [-0.2, 0) is 6.54 Å². The second kappa shape index (κ2) is 5.67. The normalized spacial score (nSPS) is 10.2. The van der Waals surface area contributed by atoms with Gasteiger partial charge in [0, 0.05) is 0 Å². The Morgan fingerprint density at radius 3 is 2.71 bits per heavy atom. The van der Waals surface area contributed by atoms with Crippen molar-refractivity contribution in [1.82, 2.24) is 9.78 Å². The number of carbonyl (C=O) groups is 1. The maximum Gasteiger partial charge on any atom is 0.339 e. The molecule has 0 aliphatic rings. The first-order chi connectivity index (χ1) is 9.97. The predicted octanol–water partition coefficient (Wildman–Crippen LogP) is 2.13. The van der Waals surface area contributed by atoms with E-state index in [0.717, 1.165) is 5.56 Å². The largest absolute Gasteiger partial charge is 0.495 e. The lowest BCUT2D eigenvalue weighted by atomic mass is 10.1. The van der Waals surface area contributed by atoms with Gasteiger partial charge in [0.2, 0.25) is 0 Å². The third kappa shape index (κ3) is 2.72. The number of methoxy groups -OCH3 is 1. The first-order valence-electron chi connectivity index (χ1n) is 6.32. The van der Waals surface area contributed by atoms with Crippen LogP contribution in [0, 0.1) is 25.2 Å². The summed E-state index contributed by atoms with van der Waals surface area (Å²) < 4.78 is 6.72. The van der Waals surface area contributed by atoms with E-state index in [4.69, 9.17) is 15.1 Å². The van der Waals surface area contributed by atoms with Crippen LogP contribution < -0.4 is 4.74 Å². The van der Waals surface area contributed by atoms with Crippen molar-refractivity contribution in [1.29, 1.82) is 5.26 Å². The molecule has 0 fully saturated rings. The van der Waals surface area contributed by atoms with E-state index in [2.05, 4.69) is 11.2 Å². The fourth-order valence-electron chi connectivity index (χ4n) is 2.27. The number of aryl methyl sites for hydroxylation is 1. The molecule has 6 heteroatoms. The molecule has 2 aromatic rings. The highest BCUT2D eigenvalue weighted by Crippen LogP contribution is 2.20. The molecule has 2 rings (SSSR count). The molecule has 0 radical (unpaired) electrons. The molecule has 0 atom stereocenters. The van der Waals surface area contributed by atoms with Gasteiger partial charge in [0.15, 0.2) is 0 Å². The van der Waals surface area contributed by atoms with Gasteiger partial charge in [-0.1, -0.05) is 6.07 Å². The number of hydrogen-bond donors (Lipinski definition) is 1. The van der Waals surface area contributed by atoms with E-state index in [1.54, 1.807) is 30.7 Å². The van der Waals surface area contributed by atoms with Gasteiger partial charge in [-0.25, -0.2) is 4.79 Å². The smallest absolute Gasteiger partial charge is 0.339 e. The number of rotatable bonds is 4. The molecule has 1 aromatic carbocycles. The zero-order valence-corrected chi connectivity index (χ0v) is 12.0. The minimum atomic E-state index is -0.983. The van der Waals surface area contributed by atoms with E-state index in [-0.39, 0.29) is 5.56 Å². The summed E-state index contributed by atoms with van der Waals surface area (Å²) in [7, 11) is 1.51. The highest BCUT2D eigenvalue weighted by Gasteiger charge is 2.17. The van der Waals surface area contributed by atoms with E-state index >= 15 is 0 Å². The third-order valence-electron chi connectivity index (χ3n) is 3.31. The SMILES string of the molecule is COc1ccc(Cn2nc(C)c(C(=O)O)c2C)cc1C#N. The Balaban J connectivity index is 2.38. The monoisotopic (exact) mass is 285 g/mol. The van der Waals surface area contributed by atoms with Crippen LogP contribution in [0.2, 0.25) is 0 Å². The number of benzene rings is 1. The van der Waals surface area contributed by atoms with Crippen LogP contribution in [0.25, 0.3) is 0 Å². The molecule has 0 aliphatic heterocycles. The van der Waals surface area contributed by atoms with Crippen LogP contribution in [0.5, 0.6) is 5.75 Å². The molecule has 0 spiro atoms. The number of nitrogens with zero attached hydrogens (tertiary/aromatic N) is 3. The maximum atomic E-state index is 11.2. The van der Waals surface area contributed by atoms with Crippen LogP contribution in [0.1, 0.15) is 32.9 Å². The standard InChI is InChI=1S/C15H15N3O3/c1-9-14(15(19)20)10(2)18(17-9)8-11-4-5-13(21-3)12(6-11)7-16/h4-6H,8H2,1-3H3,(H,19,20). The van der Waals surface area contributed by atoms with E-state index in [1.807, 2.05) is 6.07 Å². The van der Waals surface area contributed by atoms with Crippen molar-refractivity contribution in [2.24, 2.45) is 0 Å². The maximum absolute atomic E-state index is 11.2. The molecule has 1 N–H and O–H groups in total. The summed E-state index contributed by atoms with van der Waals surface area (Å²) in [5, 5.41) is 22.5. The molecule has 0 aliphatic carbocycles. The Morgan fingerprint density at radius 2 is 2.19 bits per heavy atom. The Morgan fingerprint density at radius 1 is 1.48 bits per heavy atom. The summed E-state index contributed by atoms with van der Waals surface area (Å²) in [5.41, 5.74) is 2.59. The number of nitriles is 1. The van der Waals surface area contributed by atoms with Crippen LogP contribution >= 0.6 is 0 Å². The number of carboxylic acids is 1. The number of aromatic nitrogens is 2. The van der Waals surface area contributed by atoms with Gasteiger partial charge in [-0.2, -0.15) is 10.4 Å². The molecule has 0 saturated carbocycles. The fourth-order valence-corrected chi connectivity index (χ4v) is 2.27. The lowest BCUT2D eigenvalue weighted by Crippen LogP contribution is -2.06. The topological polar surface area (TPSA) is 88.1 Å². The lowest BCUT2D eigenvalue weighted by Gasteiger charge is -2.08. The van der Waals surface area contributed by atoms with Crippen molar-refractivity contribution in [2.75, 3.05) is 7.11 Å². The number of aromatic carboxylic acids is 1. The van der Waals surface area contributed by atoms with E-state index in [9.17, 15) is 4.79 Å². The van der Waals surface area contributed by atoms with Gasteiger partial charge in [-0.15, -0.1) is 0 Å². The van der Waals surface area contributed by atoms with Gasteiger partial charge in [0.25, 0.3) is 0 Å². The first-order valence-corrected chi connectivity index (χ1v) is 6.32. The van der Waals surface area contributed by atoms with Crippen molar-refractivity contribution in [3.63, 3.8) is 0 Å². The molecule has 0 amide bonds. The predicted molar refractivity (Wildman–Crippen MR) is 75.5 cm³/mol. The van der Waals surface area contributed by atoms with E-state index in [0.29, 0.717) is 29.2 Å². The summed E-state index contributed by atoms with van der Waals surface area (Å²) in [6, 6.07) is 7.34. The zero-order valence-electron chi connectivity index (χ0n) is 12.0. The molecule has 0 bridgehead atoms. The summed E-state index contributed by atoms with van der Waals surface area (Å²) in [4.78, 5) is 11.2. The van der Waals surface area contributed by atoms with Crippen LogP contribution in [0.3, 0.4) is 0 Å². The van der Waals surface area contributed by atoms with Gasteiger partial charge in [0.1, 0.15) is 17.4 Å². The van der Waals surface area contributed by atoms with E-state index in [1.165, 1.54) is 7.11 Å². The van der Waals surface area contributed by atoms with Crippen molar-refractivity contribution in [3.8, 4) is 11.8 Å². The Hall–Kier alpha value is -2.81. The second-order valence-electron chi connectivity index (χ2n) is 4.66. The Labute approximate surface area is 122 Å². The molecule has 0 saturated heterocycles. The van der Waals surface area contributed by atoms with Gasteiger partial charge in [-0.3, -0.25) is 4.68 Å². The van der Waals surface area contributed by atoms with Gasteiger partial charge in [0.05, 0.1) is 30.6 Å². The summed E-state index contributed by atoms with van der Waals surface area (Å²) in [5.74, 6) is -0.468. The van der Waals surface area contributed by atoms with Crippen LogP contribution in [0.15, 0.2) is 18.2 Å². The number of hydrogen-bond acceptors (Lipinski definition) is 4. The quantitative estimate of drug-likeness (QED) is 0.929. The average molecular weight is 285 g/mol. The highest BCUT2D eigenvalue weighted by atomic mass is 16.5. The summed E-state index contributed by atoms with van der Waals surface area (Å²) >= 11 is 0. The van der Waals surface area contributed by atoms with Crippen molar-refractivity contribution in [3.05, 3.63) is 46.3 Å². The zero-order chi connectivity index (χ0) is 15.6. The Kier molecular flexibility index (Phi) is 3.94. The van der Waals surface area contributed by atoms with Crippen molar-refractivity contribution < 1.29 is 14.6 Å². The Bertz CT molecular complexity index is 741. The second-order valence-corrected chi connectivity index (χ2v) is 4.66. The van der Waals surface area contributed by atoms with Crippen LogP contribution in [0.4, 0.5) is 0 Å². The first kappa shape index (κ1) is 14.6. The average Bonchev–Trinajstić information content (AvgIpc) is 2.73. The molecule has 21 heavy (non-hydrogen) atoms.